The summed E-state index contributed by atoms with van der Waals surface area (Å²) < 4.78 is 4.76. The van der Waals surface area contributed by atoms with Crippen molar-refractivity contribution < 1.29 is 9.53 Å². The van der Waals surface area contributed by atoms with Crippen LogP contribution in [0.5, 0.6) is 0 Å². The molecule has 0 radical (unpaired) electrons. The predicted molar refractivity (Wildman–Crippen MR) is 80.0 cm³/mol. The molecule has 21 heavy (non-hydrogen) atoms. The van der Waals surface area contributed by atoms with Gasteiger partial charge in [0, 0.05) is 37.2 Å². The minimum Gasteiger partial charge on any atom is -0.462 e. The molecule has 0 saturated heterocycles. The van der Waals surface area contributed by atoms with E-state index in [4.69, 9.17) is 4.74 Å². The van der Waals surface area contributed by atoms with Crippen LogP contribution in [-0.2, 0) is 4.74 Å². The Morgan fingerprint density at radius 2 is 2.14 bits per heavy atom. The normalized spacial score (nSPS) is 14.3. The second-order valence-electron chi connectivity index (χ2n) is 3.98. The summed E-state index contributed by atoms with van der Waals surface area (Å²) in [5, 5.41) is 3.04. The van der Waals surface area contributed by atoms with E-state index < -0.39 is 0 Å². The van der Waals surface area contributed by atoms with Gasteiger partial charge in [-0.25, -0.2) is 4.79 Å². The molecule has 2 aliphatic rings. The molecule has 0 aliphatic carbocycles. The van der Waals surface area contributed by atoms with Crippen molar-refractivity contribution in [2.75, 3.05) is 6.61 Å². The number of carbonyl (C=O) groups excluding carboxylic acids is 1. The number of nitrogens with zero attached hydrogens (tertiary/aromatic N) is 3. The molecule has 0 aromatic carbocycles. The highest BCUT2D eigenvalue weighted by molar-refractivity contribution is 5.89. The van der Waals surface area contributed by atoms with E-state index in [0.29, 0.717) is 12.2 Å². The van der Waals surface area contributed by atoms with Gasteiger partial charge in [0.15, 0.2) is 0 Å². The van der Waals surface area contributed by atoms with Gasteiger partial charge in [-0.1, -0.05) is 0 Å². The minimum absolute atomic E-state index is 0.296. The van der Waals surface area contributed by atoms with E-state index >= 15 is 0 Å². The molecule has 1 aromatic rings. The number of pyridine rings is 1. The topological polar surface area (TPSA) is 66.8 Å². The second kappa shape index (κ2) is 7.64. The van der Waals surface area contributed by atoms with Gasteiger partial charge >= 0.3 is 5.97 Å². The average Bonchev–Trinajstić information content (AvgIpc) is 2.85. The van der Waals surface area contributed by atoms with Crippen LogP contribution >= 0.6 is 0 Å². The average molecular weight is 284 g/mol. The van der Waals surface area contributed by atoms with Crippen LogP contribution in [0.1, 0.15) is 17.3 Å². The first kappa shape index (κ1) is 14.5. The Kier molecular flexibility index (Phi) is 5.28. The molecule has 6 nitrogen and oxygen atoms in total. The lowest BCUT2D eigenvalue weighted by molar-refractivity contribution is 0.0526. The minimum atomic E-state index is -0.296. The molecular formula is C15H16N4O2. The quantitative estimate of drug-likeness (QED) is 0.842. The van der Waals surface area contributed by atoms with Crippen molar-refractivity contribution in [3.8, 4) is 0 Å². The van der Waals surface area contributed by atoms with Gasteiger partial charge in [-0.3, -0.25) is 9.98 Å². The number of aliphatic imine (C=N–C) groups is 1. The van der Waals surface area contributed by atoms with E-state index in [9.17, 15) is 4.79 Å². The number of fused-ring (bicyclic) bond motifs is 1. The molecule has 0 unspecified atom stereocenters. The molecule has 0 bridgehead atoms. The van der Waals surface area contributed by atoms with Crippen molar-refractivity contribution in [1.82, 2.24) is 15.2 Å². The summed E-state index contributed by atoms with van der Waals surface area (Å²) in [6.07, 6.45) is 14.3. The first-order valence-electron chi connectivity index (χ1n) is 6.50. The molecule has 3 rings (SSSR count). The van der Waals surface area contributed by atoms with E-state index in [1.807, 2.05) is 29.6 Å². The molecule has 108 valence electrons. The van der Waals surface area contributed by atoms with Crippen LogP contribution in [-0.4, -0.2) is 28.7 Å². The molecule has 0 saturated carbocycles. The summed E-state index contributed by atoms with van der Waals surface area (Å²) in [6, 6.07) is 3.25. The summed E-state index contributed by atoms with van der Waals surface area (Å²) in [4.78, 5) is 20.7. The van der Waals surface area contributed by atoms with Crippen LogP contribution in [0, 0.1) is 0 Å². The number of allylic oxidation sites excluding steroid dienone is 1. The van der Waals surface area contributed by atoms with Crippen LogP contribution in [0.2, 0.25) is 0 Å². The van der Waals surface area contributed by atoms with Crippen molar-refractivity contribution >= 4 is 12.2 Å². The van der Waals surface area contributed by atoms with Gasteiger partial charge in [-0.15, -0.1) is 0 Å². The van der Waals surface area contributed by atoms with E-state index in [-0.39, 0.29) is 5.97 Å². The Morgan fingerprint density at radius 3 is 2.90 bits per heavy atom. The molecule has 1 aromatic heterocycles. The van der Waals surface area contributed by atoms with E-state index in [1.54, 1.807) is 43.9 Å². The lowest BCUT2D eigenvalue weighted by Crippen LogP contribution is -2.11. The molecule has 6 heteroatoms. The van der Waals surface area contributed by atoms with Crippen molar-refractivity contribution in [2.45, 2.75) is 6.92 Å². The molecule has 2 aliphatic heterocycles. The van der Waals surface area contributed by atoms with Gasteiger partial charge in [-0.05, 0) is 25.1 Å². The fourth-order valence-electron chi connectivity index (χ4n) is 1.59. The SMILES string of the molecule is C1=CN2C=CNC2=CN=C1.CCOC(=O)c1ccncc1. The van der Waals surface area contributed by atoms with Gasteiger partial charge < -0.3 is 15.0 Å². The summed E-state index contributed by atoms with van der Waals surface area (Å²) >= 11 is 0. The number of hydrogen-bond acceptors (Lipinski definition) is 6. The lowest BCUT2D eigenvalue weighted by atomic mass is 10.3. The second-order valence-corrected chi connectivity index (χ2v) is 3.98. The standard InChI is InChI=1S/C8H9NO2.C7H7N3/c1-2-11-8(10)7-3-5-9-6-4-7;1-2-8-6-7-9-3-5-10(7)4-1/h3-6H,2H2,1H3;1-6,9H. The molecule has 0 atom stereocenters. The third kappa shape index (κ3) is 4.31. The van der Waals surface area contributed by atoms with E-state index in [2.05, 4.69) is 15.3 Å². The Hall–Kier alpha value is -2.89. The highest BCUT2D eigenvalue weighted by Gasteiger charge is 2.07. The number of aromatic nitrogens is 1. The highest BCUT2D eigenvalue weighted by Crippen LogP contribution is 2.09. The van der Waals surface area contributed by atoms with Crippen molar-refractivity contribution in [1.29, 1.82) is 0 Å². The fraction of sp³-hybridized carbons (Fsp3) is 0.133. The van der Waals surface area contributed by atoms with Gasteiger partial charge in [-0.2, -0.15) is 0 Å². The summed E-state index contributed by atoms with van der Waals surface area (Å²) in [7, 11) is 0. The molecule has 0 spiro atoms. The summed E-state index contributed by atoms with van der Waals surface area (Å²) in [5.74, 6) is 0.694. The van der Waals surface area contributed by atoms with E-state index in [0.717, 1.165) is 5.82 Å². The summed E-state index contributed by atoms with van der Waals surface area (Å²) in [6.45, 7) is 2.18. The fourth-order valence-corrected chi connectivity index (χ4v) is 1.59. The van der Waals surface area contributed by atoms with Crippen molar-refractivity contribution in [2.24, 2.45) is 4.99 Å². The molecule has 0 amide bonds. The number of esters is 1. The zero-order valence-corrected chi connectivity index (χ0v) is 11.6. The molecule has 1 N–H and O–H groups in total. The van der Waals surface area contributed by atoms with Crippen molar-refractivity contribution in [3.05, 3.63) is 66.8 Å². The monoisotopic (exact) mass is 284 g/mol. The van der Waals surface area contributed by atoms with Crippen molar-refractivity contribution in [3.63, 3.8) is 0 Å². The number of ether oxygens (including phenoxy) is 1. The molecule has 0 fully saturated rings. The number of carbonyl (C=O) groups is 1. The highest BCUT2D eigenvalue weighted by atomic mass is 16.5. The van der Waals surface area contributed by atoms with Gasteiger partial charge in [0.25, 0.3) is 0 Å². The number of rotatable bonds is 2. The Bertz CT molecular complexity index is 591. The number of hydrogen-bond donors (Lipinski definition) is 1. The molecular weight excluding hydrogens is 268 g/mol. The third-order valence-corrected chi connectivity index (χ3v) is 2.55. The summed E-state index contributed by atoms with van der Waals surface area (Å²) in [5.41, 5.74) is 0.543. The zero-order chi connectivity index (χ0) is 14.9. The maximum absolute atomic E-state index is 11.0. The third-order valence-electron chi connectivity index (χ3n) is 2.55. The van der Waals surface area contributed by atoms with Crippen LogP contribution in [0.25, 0.3) is 0 Å². The van der Waals surface area contributed by atoms with Crippen LogP contribution in [0.4, 0.5) is 0 Å². The van der Waals surface area contributed by atoms with Gasteiger partial charge in [0.2, 0.25) is 0 Å². The van der Waals surface area contributed by atoms with Crippen LogP contribution in [0.3, 0.4) is 0 Å². The lowest BCUT2D eigenvalue weighted by Gasteiger charge is -2.08. The Balaban J connectivity index is 0.000000154. The number of nitrogens with one attached hydrogen (secondary N) is 1. The van der Waals surface area contributed by atoms with Gasteiger partial charge in [0.1, 0.15) is 5.82 Å². The predicted octanol–water partition coefficient (Wildman–Crippen LogP) is 2.02. The van der Waals surface area contributed by atoms with Crippen LogP contribution in [0.15, 0.2) is 66.2 Å². The molecule has 3 heterocycles. The largest absolute Gasteiger partial charge is 0.462 e. The first-order chi connectivity index (χ1) is 10.3. The van der Waals surface area contributed by atoms with Gasteiger partial charge in [0.05, 0.1) is 18.4 Å². The Morgan fingerprint density at radius 1 is 1.33 bits per heavy atom. The smallest absolute Gasteiger partial charge is 0.338 e. The van der Waals surface area contributed by atoms with E-state index in [1.165, 1.54) is 0 Å². The Labute approximate surface area is 123 Å². The van der Waals surface area contributed by atoms with Crippen LogP contribution < -0.4 is 5.32 Å². The maximum Gasteiger partial charge on any atom is 0.338 e. The zero-order valence-electron chi connectivity index (χ0n) is 11.6. The maximum atomic E-state index is 11.0. The first-order valence-corrected chi connectivity index (χ1v) is 6.50.